The number of nitrogens with one attached hydrogen (secondary N) is 2. The zero-order valence-corrected chi connectivity index (χ0v) is 14.7. The molecule has 0 bridgehead atoms. The third-order valence-electron chi connectivity index (χ3n) is 4.77. The molecule has 8 heteroatoms. The summed E-state index contributed by atoms with van der Waals surface area (Å²) < 4.78 is 40.8. The number of alkyl halides is 3. The van der Waals surface area contributed by atoms with Crippen LogP contribution in [0.5, 0.6) is 0 Å². The summed E-state index contributed by atoms with van der Waals surface area (Å²) in [6.07, 6.45) is -2.54. The van der Waals surface area contributed by atoms with Crippen LogP contribution >= 0.6 is 0 Å². The van der Waals surface area contributed by atoms with Crippen molar-refractivity contribution in [2.24, 2.45) is 0 Å². The molecule has 1 saturated heterocycles. The first-order valence-corrected chi connectivity index (χ1v) is 8.55. The predicted octanol–water partition coefficient (Wildman–Crippen LogP) is 3.56. The van der Waals surface area contributed by atoms with Crippen LogP contribution in [0.15, 0.2) is 18.2 Å². The second-order valence-electron chi connectivity index (χ2n) is 6.50. The van der Waals surface area contributed by atoms with Crippen molar-refractivity contribution in [2.45, 2.75) is 31.9 Å². The molecule has 2 aromatic rings. The van der Waals surface area contributed by atoms with Gasteiger partial charge in [-0.1, -0.05) is 12.1 Å². The fourth-order valence-corrected chi connectivity index (χ4v) is 3.55. The molecule has 0 amide bonds. The van der Waals surface area contributed by atoms with E-state index in [9.17, 15) is 13.2 Å². The Labute approximate surface area is 150 Å². The monoisotopic (exact) mass is 365 g/mol. The standard InChI is InChI=1S/C18H22F3N5/c1-10-9-12(3-4-13(10)11-5-7-24-8-6-11)15-14(18(19,20)21)16(23-2)26-17(22)25-15/h3-4,9,11,24H,5-8H2,1-2H3,(H3,22,23,25,26). The minimum atomic E-state index is -4.59. The molecule has 140 valence electrons. The van der Waals surface area contributed by atoms with E-state index in [-0.39, 0.29) is 17.5 Å². The van der Waals surface area contributed by atoms with Crippen LogP contribution in [0.4, 0.5) is 24.9 Å². The summed E-state index contributed by atoms with van der Waals surface area (Å²) in [7, 11) is 1.38. The summed E-state index contributed by atoms with van der Waals surface area (Å²) in [6, 6.07) is 5.37. The largest absolute Gasteiger partial charge is 0.422 e. The van der Waals surface area contributed by atoms with E-state index in [2.05, 4.69) is 20.6 Å². The minimum Gasteiger partial charge on any atom is -0.372 e. The Balaban J connectivity index is 2.09. The van der Waals surface area contributed by atoms with Crippen molar-refractivity contribution in [1.29, 1.82) is 0 Å². The van der Waals surface area contributed by atoms with Gasteiger partial charge in [0, 0.05) is 12.6 Å². The molecule has 0 saturated carbocycles. The molecule has 2 heterocycles. The second-order valence-corrected chi connectivity index (χ2v) is 6.50. The van der Waals surface area contributed by atoms with Gasteiger partial charge in [-0.15, -0.1) is 0 Å². The van der Waals surface area contributed by atoms with Gasteiger partial charge in [0.15, 0.2) is 0 Å². The lowest BCUT2D eigenvalue weighted by Crippen LogP contribution is -2.26. The van der Waals surface area contributed by atoms with Crippen molar-refractivity contribution in [3.63, 3.8) is 0 Å². The molecule has 1 aromatic heterocycles. The molecule has 3 rings (SSSR count). The Kier molecular flexibility index (Phi) is 5.04. The summed E-state index contributed by atoms with van der Waals surface area (Å²) in [4.78, 5) is 7.58. The molecule has 4 N–H and O–H groups in total. The Morgan fingerprint density at radius 3 is 2.46 bits per heavy atom. The number of nitrogen functional groups attached to an aromatic ring is 1. The van der Waals surface area contributed by atoms with E-state index in [1.807, 2.05) is 13.0 Å². The molecule has 0 atom stereocenters. The van der Waals surface area contributed by atoms with Crippen molar-refractivity contribution in [1.82, 2.24) is 15.3 Å². The average Bonchev–Trinajstić information content (AvgIpc) is 2.60. The van der Waals surface area contributed by atoms with Gasteiger partial charge in [-0.05, 0) is 56.0 Å². The van der Waals surface area contributed by atoms with Crippen molar-refractivity contribution >= 4 is 11.8 Å². The maximum Gasteiger partial charge on any atom is 0.422 e. The predicted molar refractivity (Wildman–Crippen MR) is 96.0 cm³/mol. The van der Waals surface area contributed by atoms with E-state index in [0.717, 1.165) is 31.5 Å². The van der Waals surface area contributed by atoms with Gasteiger partial charge in [0.2, 0.25) is 5.95 Å². The number of aryl methyl sites for hydroxylation is 1. The molecular formula is C18H22F3N5. The zero-order valence-electron chi connectivity index (χ0n) is 14.7. The normalized spacial score (nSPS) is 15.9. The van der Waals surface area contributed by atoms with Crippen molar-refractivity contribution in [2.75, 3.05) is 31.2 Å². The Morgan fingerprint density at radius 1 is 1.19 bits per heavy atom. The number of hydrogen-bond acceptors (Lipinski definition) is 5. The second kappa shape index (κ2) is 7.11. The van der Waals surface area contributed by atoms with Gasteiger partial charge in [-0.3, -0.25) is 0 Å². The summed E-state index contributed by atoms with van der Waals surface area (Å²) in [6.45, 7) is 3.84. The van der Waals surface area contributed by atoms with Gasteiger partial charge in [-0.25, -0.2) is 4.98 Å². The van der Waals surface area contributed by atoms with E-state index < -0.39 is 11.7 Å². The van der Waals surface area contributed by atoms with Crippen molar-refractivity contribution < 1.29 is 13.2 Å². The molecule has 1 aromatic carbocycles. The molecule has 0 radical (unpaired) electrons. The number of piperidine rings is 1. The molecule has 0 unspecified atom stereocenters. The number of benzene rings is 1. The maximum absolute atomic E-state index is 13.6. The molecule has 5 nitrogen and oxygen atoms in total. The van der Waals surface area contributed by atoms with Crippen LogP contribution in [-0.4, -0.2) is 30.1 Å². The molecule has 0 aliphatic carbocycles. The molecule has 1 aliphatic rings. The quantitative estimate of drug-likeness (QED) is 0.775. The summed E-state index contributed by atoms with van der Waals surface area (Å²) in [5.74, 6) is -0.0896. The van der Waals surface area contributed by atoms with Gasteiger partial charge in [-0.2, -0.15) is 18.2 Å². The van der Waals surface area contributed by atoms with Crippen molar-refractivity contribution in [3.05, 3.63) is 34.9 Å². The number of rotatable bonds is 3. The van der Waals surface area contributed by atoms with E-state index in [1.165, 1.54) is 12.6 Å². The Hall–Kier alpha value is -2.35. The fraction of sp³-hybridized carbons (Fsp3) is 0.444. The summed E-state index contributed by atoms with van der Waals surface area (Å²) >= 11 is 0. The van der Waals surface area contributed by atoms with E-state index in [0.29, 0.717) is 11.5 Å². The molecule has 26 heavy (non-hydrogen) atoms. The highest BCUT2D eigenvalue weighted by Crippen LogP contribution is 2.41. The third kappa shape index (κ3) is 3.60. The first kappa shape index (κ1) is 18.4. The van der Waals surface area contributed by atoms with E-state index in [1.54, 1.807) is 12.1 Å². The molecule has 1 aliphatic heterocycles. The number of anilines is 2. The van der Waals surface area contributed by atoms with Crippen LogP contribution in [0.25, 0.3) is 11.3 Å². The maximum atomic E-state index is 13.6. The number of hydrogen-bond donors (Lipinski definition) is 3. The Bertz CT molecular complexity index is 798. The van der Waals surface area contributed by atoms with Crippen LogP contribution < -0.4 is 16.4 Å². The smallest absolute Gasteiger partial charge is 0.372 e. The lowest BCUT2D eigenvalue weighted by Gasteiger charge is -2.25. The first-order chi connectivity index (χ1) is 12.3. The van der Waals surface area contributed by atoms with Crippen LogP contribution in [0.3, 0.4) is 0 Å². The highest BCUT2D eigenvalue weighted by molar-refractivity contribution is 5.71. The lowest BCUT2D eigenvalue weighted by molar-refractivity contribution is -0.136. The highest BCUT2D eigenvalue weighted by Gasteiger charge is 2.39. The summed E-state index contributed by atoms with van der Waals surface area (Å²) in [5, 5.41) is 5.79. The zero-order chi connectivity index (χ0) is 18.9. The van der Waals surface area contributed by atoms with Gasteiger partial charge in [0.05, 0.1) is 5.69 Å². The van der Waals surface area contributed by atoms with Gasteiger partial charge < -0.3 is 16.4 Å². The number of nitrogens with two attached hydrogens (primary N) is 1. The average molecular weight is 365 g/mol. The number of aromatic nitrogens is 2. The van der Waals surface area contributed by atoms with Crippen LogP contribution in [0.1, 0.15) is 35.4 Å². The van der Waals surface area contributed by atoms with Gasteiger partial charge in [0.1, 0.15) is 11.4 Å². The van der Waals surface area contributed by atoms with Gasteiger partial charge in [0.25, 0.3) is 0 Å². The number of nitrogens with zero attached hydrogens (tertiary/aromatic N) is 2. The number of halogens is 3. The van der Waals surface area contributed by atoms with Gasteiger partial charge >= 0.3 is 6.18 Å². The van der Waals surface area contributed by atoms with Crippen LogP contribution in [-0.2, 0) is 6.18 Å². The van der Waals surface area contributed by atoms with E-state index in [4.69, 9.17) is 5.73 Å². The highest BCUT2D eigenvalue weighted by atomic mass is 19.4. The SMILES string of the molecule is CNc1nc(N)nc(-c2ccc(C3CCNCC3)c(C)c2)c1C(F)(F)F. The third-order valence-corrected chi connectivity index (χ3v) is 4.77. The molecule has 0 spiro atoms. The molecular weight excluding hydrogens is 343 g/mol. The van der Waals surface area contributed by atoms with Crippen LogP contribution in [0, 0.1) is 6.92 Å². The van der Waals surface area contributed by atoms with Crippen molar-refractivity contribution in [3.8, 4) is 11.3 Å². The Morgan fingerprint density at radius 2 is 1.88 bits per heavy atom. The van der Waals surface area contributed by atoms with E-state index >= 15 is 0 Å². The first-order valence-electron chi connectivity index (χ1n) is 8.55. The minimum absolute atomic E-state index is 0.197. The summed E-state index contributed by atoms with van der Waals surface area (Å²) in [5.41, 5.74) is 7.06. The van der Waals surface area contributed by atoms with Crippen LogP contribution in [0.2, 0.25) is 0 Å². The molecule has 1 fully saturated rings. The topological polar surface area (TPSA) is 75.9 Å². The lowest BCUT2D eigenvalue weighted by atomic mass is 9.86. The fourth-order valence-electron chi connectivity index (χ4n) is 3.55.